The van der Waals surface area contributed by atoms with Crippen molar-refractivity contribution in [2.24, 2.45) is 5.41 Å². The average Bonchev–Trinajstić information content (AvgIpc) is 2.96. The fraction of sp³-hybridized carbons (Fsp3) is 0.520. The van der Waals surface area contributed by atoms with Crippen LogP contribution in [-0.4, -0.2) is 14.9 Å². The lowest BCUT2D eigenvalue weighted by molar-refractivity contribution is 0.269. The molecule has 0 aromatic heterocycles. The van der Waals surface area contributed by atoms with E-state index in [2.05, 4.69) is 33.9 Å². The van der Waals surface area contributed by atoms with E-state index in [0.29, 0.717) is 0 Å². The lowest BCUT2D eigenvalue weighted by Crippen LogP contribution is -2.35. The molecule has 0 N–H and O–H groups in total. The SMILES string of the molecule is CC(C)(C)C[Si](C)(C)OCCCC1(c2ccc(F)cc2)CCc2cc(F)ccc21. The summed E-state index contributed by atoms with van der Waals surface area (Å²) in [6.45, 7) is 12.1. The number of hydrogen-bond acceptors (Lipinski definition) is 1. The zero-order valence-corrected chi connectivity index (χ0v) is 19.4. The van der Waals surface area contributed by atoms with Crippen LogP contribution < -0.4 is 0 Å². The Bertz CT molecular complexity index is 839. The molecule has 1 aliphatic carbocycles. The van der Waals surface area contributed by atoms with Crippen molar-refractivity contribution in [3.8, 4) is 0 Å². The highest BCUT2D eigenvalue weighted by atomic mass is 28.4. The number of benzene rings is 2. The molecule has 0 saturated heterocycles. The van der Waals surface area contributed by atoms with E-state index in [9.17, 15) is 8.78 Å². The molecule has 0 bridgehead atoms. The second kappa shape index (κ2) is 8.31. The van der Waals surface area contributed by atoms with Gasteiger partial charge in [0.15, 0.2) is 8.32 Å². The average molecular weight is 417 g/mol. The molecule has 0 radical (unpaired) electrons. The van der Waals surface area contributed by atoms with E-state index in [1.165, 1.54) is 17.7 Å². The van der Waals surface area contributed by atoms with Crippen LogP contribution in [0, 0.1) is 17.0 Å². The van der Waals surface area contributed by atoms with Crippen molar-refractivity contribution in [3.63, 3.8) is 0 Å². The van der Waals surface area contributed by atoms with Crippen LogP contribution in [0.2, 0.25) is 19.1 Å². The van der Waals surface area contributed by atoms with Crippen LogP contribution in [-0.2, 0) is 16.3 Å². The van der Waals surface area contributed by atoms with E-state index in [1.807, 2.05) is 18.2 Å². The predicted octanol–water partition coefficient (Wildman–Crippen LogP) is 7.25. The van der Waals surface area contributed by atoms with Gasteiger partial charge in [-0.25, -0.2) is 8.78 Å². The van der Waals surface area contributed by atoms with E-state index in [1.54, 1.807) is 12.1 Å². The van der Waals surface area contributed by atoms with Crippen molar-refractivity contribution >= 4 is 8.32 Å². The summed E-state index contributed by atoms with van der Waals surface area (Å²) in [5.74, 6) is -0.406. The molecular weight excluding hydrogens is 382 g/mol. The van der Waals surface area contributed by atoms with Crippen LogP contribution in [0.3, 0.4) is 0 Å². The number of hydrogen-bond donors (Lipinski definition) is 0. The first-order chi connectivity index (χ1) is 13.5. The van der Waals surface area contributed by atoms with Crippen LogP contribution in [0.25, 0.3) is 0 Å². The molecule has 2 aromatic rings. The normalized spacial score (nSPS) is 19.4. The lowest BCUT2D eigenvalue weighted by atomic mass is 9.72. The largest absolute Gasteiger partial charge is 0.417 e. The van der Waals surface area contributed by atoms with E-state index in [4.69, 9.17) is 4.43 Å². The van der Waals surface area contributed by atoms with Crippen molar-refractivity contribution in [2.75, 3.05) is 6.61 Å². The highest BCUT2D eigenvalue weighted by molar-refractivity contribution is 6.71. The standard InChI is InChI=1S/C25H34F2OSi/c1-24(2,3)18-29(4,5)28-16-6-14-25(20-7-9-21(26)10-8-20)15-13-19-17-22(27)11-12-23(19)25/h7-12,17H,6,13-16,18H2,1-5H3. The molecule has 1 atom stereocenters. The molecule has 2 aromatic carbocycles. The summed E-state index contributed by atoms with van der Waals surface area (Å²) >= 11 is 0. The highest BCUT2D eigenvalue weighted by Crippen LogP contribution is 2.47. The number of aryl methyl sites for hydroxylation is 1. The predicted molar refractivity (Wildman–Crippen MR) is 119 cm³/mol. The number of fused-ring (bicyclic) bond motifs is 1. The molecule has 158 valence electrons. The molecule has 29 heavy (non-hydrogen) atoms. The quantitative estimate of drug-likeness (QED) is 0.341. The zero-order chi connectivity index (χ0) is 21.3. The van der Waals surface area contributed by atoms with Crippen molar-refractivity contribution < 1.29 is 13.2 Å². The van der Waals surface area contributed by atoms with Gasteiger partial charge in [0.1, 0.15) is 11.6 Å². The van der Waals surface area contributed by atoms with Crippen molar-refractivity contribution in [3.05, 3.63) is 70.8 Å². The Balaban J connectivity index is 1.78. The van der Waals surface area contributed by atoms with Gasteiger partial charge in [0.2, 0.25) is 0 Å². The van der Waals surface area contributed by atoms with E-state index >= 15 is 0 Å². The second-order valence-corrected chi connectivity index (χ2v) is 14.5. The maximum absolute atomic E-state index is 13.8. The fourth-order valence-electron chi connectivity index (χ4n) is 5.24. The Morgan fingerprint density at radius 2 is 1.66 bits per heavy atom. The molecular formula is C25H34F2OSi. The molecule has 0 heterocycles. The molecule has 1 nitrogen and oxygen atoms in total. The third-order valence-corrected chi connectivity index (χ3v) is 8.90. The maximum atomic E-state index is 13.8. The minimum Gasteiger partial charge on any atom is -0.417 e. The van der Waals surface area contributed by atoms with Gasteiger partial charge in [-0.3, -0.25) is 0 Å². The van der Waals surface area contributed by atoms with Gasteiger partial charge < -0.3 is 4.43 Å². The number of halogens is 2. The smallest absolute Gasteiger partial charge is 0.187 e. The van der Waals surface area contributed by atoms with Gasteiger partial charge in [0.05, 0.1) is 0 Å². The van der Waals surface area contributed by atoms with Crippen LogP contribution in [0.15, 0.2) is 42.5 Å². The summed E-state index contributed by atoms with van der Waals surface area (Å²) in [7, 11) is -1.70. The summed E-state index contributed by atoms with van der Waals surface area (Å²) in [6.07, 6.45) is 3.65. The van der Waals surface area contributed by atoms with Crippen LogP contribution in [0.1, 0.15) is 56.7 Å². The zero-order valence-electron chi connectivity index (χ0n) is 18.4. The minimum absolute atomic E-state index is 0.183. The van der Waals surface area contributed by atoms with Crippen LogP contribution >= 0.6 is 0 Å². The minimum atomic E-state index is -1.70. The van der Waals surface area contributed by atoms with E-state index < -0.39 is 8.32 Å². The van der Waals surface area contributed by atoms with Gasteiger partial charge in [-0.15, -0.1) is 0 Å². The first kappa shape index (κ1) is 22.2. The third kappa shape index (κ3) is 5.35. The Hall–Kier alpha value is -1.52. The van der Waals surface area contributed by atoms with E-state index in [0.717, 1.165) is 49.5 Å². The van der Waals surface area contributed by atoms with Gasteiger partial charge in [0, 0.05) is 12.0 Å². The Morgan fingerprint density at radius 3 is 2.31 bits per heavy atom. The van der Waals surface area contributed by atoms with Gasteiger partial charge in [-0.1, -0.05) is 39.0 Å². The van der Waals surface area contributed by atoms with Crippen LogP contribution in [0.5, 0.6) is 0 Å². The third-order valence-electron chi connectivity index (χ3n) is 6.00. The fourth-order valence-corrected chi connectivity index (χ4v) is 8.60. The molecule has 0 amide bonds. The molecule has 0 saturated carbocycles. The first-order valence-electron chi connectivity index (χ1n) is 10.7. The van der Waals surface area contributed by atoms with Crippen molar-refractivity contribution in [1.82, 2.24) is 0 Å². The highest BCUT2D eigenvalue weighted by Gasteiger charge is 2.40. The Labute approximate surface area is 175 Å². The van der Waals surface area contributed by atoms with Gasteiger partial charge in [-0.05, 0) is 91.2 Å². The monoisotopic (exact) mass is 416 g/mol. The summed E-state index contributed by atoms with van der Waals surface area (Å²) < 4.78 is 33.7. The molecule has 3 rings (SSSR count). The van der Waals surface area contributed by atoms with Gasteiger partial charge >= 0.3 is 0 Å². The molecule has 0 spiro atoms. The molecule has 1 unspecified atom stereocenters. The van der Waals surface area contributed by atoms with Crippen LogP contribution in [0.4, 0.5) is 8.78 Å². The summed E-state index contributed by atoms with van der Waals surface area (Å²) in [6, 6.07) is 13.1. The summed E-state index contributed by atoms with van der Waals surface area (Å²) in [5, 5.41) is 0. The van der Waals surface area contributed by atoms with Crippen molar-refractivity contribution in [2.45, 2.75) is 71.0 Å². The summed E-state index contributed by atoms with van der Waals surface area (Å²) in [4.78, 5) is 0. The molecule has 0 fully saturated rings. The topological polar surface area (TPSA) is 9.23 Å². The number of rotatable bonds is 7. The Kier molecular flexibility index (Phi) is 6.35. The molecule has 0 aliphatic heterocycles. The molecule has 1 aliphatic rings. The second-order valence-electron chi connectivity index (χ2n) is 10.3. The maximum Gasteiger partial charge on any atom is 0.187 e. The van der Waals surface area contributed by atoms with Gasteiger partial charge in [0.25, 0.3) is 0 Å². The lowest BCUT2D eigenvalue weighted by Gasteiger charge is -2.33. The first-order valence-corrected chi connectivity index (χ1v) is 13.8. The summed E-state index contributed by atoms with van der Waals surface area (Å²) in [5.41, 5.74) is 3.49. The Morgan fingerprint density at radius 1 is 1.00 bits per heavy atom. The molecule has 4 heteroatoms. The van der Waals surface area contributed by atoms with Gasteiger partial charge in [-0.2, -0.15) is 0 Å². The van der Waals surface area contributed by atoms with Crippen molar-refractivity contribution in [1.29, 1.82) is 0 Å². The van der Waals surface area contributed by atoms with E-state index in [-0.39, 0.29) is 22.5 Å².